The van der Waals surface area contributed by atoms with Gasteiger partial charge in [-0.15, -0.1) is 12.4 Å². The number of hydrogen-bond donors (Lipinski definition) is 3. The standard InChI is InChI=1S/C20H30N4O2.ClH/c1-15-13-16(10-11-21-15)19(25)24-12-6-5-9-18(24)14-22-20(26)23-17-7-3-2-4-8-17;/h2-4,7-8,15-16,18,21H,5-6,9-14H2,1H3,(H2,22,23,26);1H/t15-,16-,18?;/m0./s1. The van der Waals surface area contributed by atoms with Crippen LogP contribution in [-0.4, -0.2) is 48.6 Å². The Morgan fingerprint density at radius 1 is 1.19 bits per heavy atom. The minimum absolute atomic E-state index is 0. The molecule has 0 saturated carbocycles. The van der Waals surface area contributed by atoms with E-state index in [0.717, 1.165) is 50.9 Å². The normalized spacial score (nSPS) is 25.2. The van der Waals surface area contributed by atoms with Crippen LogP contribution in [-0.2, 0) is 4.79 Å². The van der Waals surface area contributed by atoms with Gasteiger partial charge in [-0.1, -0.05) is 18.2 Å². The second kappa shape index (κ2) is 10.5. The molecule has 150 valence electrons. The molecule has 2 saturated heterocycles. The molecule has 0 aromatic heterocycles. The van der Waals surface area contributed by atoms with Crippen LogP contribution in [0.25, 0.3) is 0 Å². The van der Waals surface area contributed by atoms with E-state index in [0.29, 0.717) is 12.6 Å². The molecule has 0 bridgehead atoms. The number of urea groups is 1. The van der Waals surface area contributed by atoms with Gasteiger partial charge in [0.25, 0.3) is 0 Å². The number of nitrogens with one attached hydrogen (secondary N) is 3. The topological polar surface area (TPSA) is 73.5 Å². The van der Waals surface area contributed by atoms with E-state index in [9.17, 15) is 9.59 Å². The molecule has 1 unspecified atom stereocenters. The summed E-state index contributed by atoms with van der Waals surface area (Å²) < 4.78 is 0. The van der Waals surface area contributed by atoms with Crippen molar-refractivity contribution in [2.24, 2.45) is 5.92 Å². The Morgan fingerprint density at radius 2 is 1.96 bits per heavy atom. The number of likely N-dealkylation sites (tertiary alicyclic amines) is 1. The molecule has 2 fully saturated rings. The highest BCUT2D eigenvalue weighted by atomic mass is 35.5. The van der Waals surface area contributed by atoms with Gasteiger partial charge in [0.15, 0.2) is 0 Å². The van der Waals surface area contributed by atoms with Crippen molar-refractivity contribution in [1.29, 1.82) is 0 Å². The van der Waals surface area contributed by atoms with Gasteiger partial charge in [0, 0.05) is 36.8 Å². The van der Waals surface area contributed by atoms with Crippen LogP contribution in [0.1, 0.15) is 39.0 Å². The average molecular weight is 395 g/mol. The summed E-state index contributed by atoms with van der Waals surface area (Å²) in [6.07, 6.45) is 4.94. The van der Waals surface area contributed by atoms with Crippen molar-refractivity contribution in [3.8, 4) is 0 Å². The molecule has 6 nitrogen and oxygen atoms in total. The van der Waals surface area contributed by atoms with Crippen LogP contribution in [0.3, 0.4) is 0 Å². The van der Waals surface area contributed by atoms with E-state index in [1.807, 2.05) is 35.2 Å². The zero-order chi connectivity index (χ0) is 18.4. The van der Waals surface area contributed by atoms with Gasteiger partial charge in [-0.3, -0.25) is 4.79 Å². The molecule has 3 amide bonds. The van der Waals surface area contributed by atoms with E-state index in [-0.39, 0.29) is 36.3 Å². The predicted octanol–water partition coefficient (Wildman–Crippen LogP) is 3.00. The van der Waals surface area contributed by atoms with E-state index in [4.69, 9.17) is 0 Å². The number of hydrogen-bond acceptors (Lipinski definition) is 3. The molecule has 3 atom stereocenters. The third-order valence-electron chi connectivity index (χ3n) is 5.41. The molecule has 2 heterocycles. The highest BCUT2D eigenvalue weighted by Crippen LogP contribution is 2.24. The third kappa shape index (κ3) is 6.11. The number of anilines is 1. The quantitative estimate of drug-likeness (QED) is 0.735. The summed E-state index contributed by atoms with van der Waals surface area (Å²) in [7, 11) is 0. The van der Waals surface area contributed by atoms with E-state index < -0.39 is 0 Å². The Bertz CT molecular complexity index is 613. The van der Waals surface area contributed by atoms with Crippen LogP contribution in [0.15, 0.2) is 30.3 Å². The van der Waals surface area contributed by atoms with E-state index >= 15 is 0 Å². The molecule has 0 spiro atoms. The number of amides is 3. The highest BCUT2D eigenvalue weighted by molar-refractivity contribution is 5.89. The van der Waals surface area contributed by atoms with Crippen LogP contribution in [0.4, 0.5) is 10.5 Å². The van der Waals surface area contributed by atoms with Crippen molar-refractivity contribution in [1.82, 2.24) is 15.5 Å². The second-order valence-corrected chi connectivity index (χ2v) is 7.46. The number of halogens is 1. The smallest absolute Gasteiger partial charge is 0.319 e. The largest absolute Gasteiger partial charge is 0.338 e. The van der Waals surface area contributed by atoms with Crippen molar-refractivity contribution in [3.63, 3.8) is 0 Å². The summed E-state index contributed by atoms with van der Waals surface area (Å²) in [5, 5.41) is 9.18. The van der Waals surface area contributed by atoms with Crippen molar-refractivity contribution in [2.75, 3.05) is 25.0 Å². The molecule has 0 aliphatic carbocycles. The second-order valence-electron chi connectivity index (χ2n) is 7.46. The summed E-state index contributed by atoms with van der Waals surface area (Å²) in [5.41, 5.74) is 0.769. The van der Waals surface area contributed by atoms with Crippen molar-refractivity contribution < 1.29 is 9.59 Å². The molecule has 0 radical (unpaired) electrons. The summed E-state index contributed by atoms with van der Waals surface area (Å²) in [6, 6.07) is 9.68. The van der Waals surface area contributed by atoms with Crippen LogP contribution in [0, 0.1) is 5.92 Å². The molecule has 2 aliphatic rings. The first kappa shape index (κ1) is 21.5. The van der Waals surface area contributed by atoms with E-state index in [2.05, 4.69) is 22.9 Å². The van der Waals surface area contributed by atoms with Crippen LogP contribution >= 0.6 is 12.4 Å². The molecule has 3 rings (SSSR count). The molecule has 1 aromatic carbocycles. The fourth-order valence-corrected chi connectivity index (χ4v) is 4.00. The molecule has 7 heteroatoms. The zero-order valence-corrected chi connectivity index (χ0v) is 16.8. The number of carbonyl (C=O) groups excluding carboxylic acids is 2. The summed E-state index contributed by atoms with van der Waals surface area (Å²) >= 11 is 0. The first-order chi connectivity index (χ1) is 12.6. The van der Waals surface area contributed by atoms with Crippen molar-refractivity contribution in [3.05, 3.63) is 30.3 Å². The monoisotopic (exact) mass is 394 g/mol. The van der Waals surface area contributed by atoms with E-state index in [1.54, 1.807) is 0 Å². The van der Waals surface area contributed by atoms with Gasteiger partial charge in [0.05, 0.1) is 0 Å². The summed E-state index contributed by atoms with van der Waals surface area (Å²) in [5.74, 6) is 0.387. The first-order valence-electron chi connectivity index (χ1n) is 9.77. The van der Waals surface area contributed by atoms with Crippen LogP contribution < -0.4 is 16.0 Å². The van der Waals surface area contributed by atoms with Gasteiger partial charge in [-0.2, -0.15) is 0 Å². The fraction of sp³-hybridized carbons (Fsp3) is 0.600. The van der Waals surface area contributed by atoms with Gasteiger partial charge in [-0.05, 0) is 57.7 Å². The lowest BCUT2D eigenvalue weighted by atomic mass is 9.90. The molecule has 3 N–H and O–H groups in total. The van der Waals surface area contributed by atoms with Crippen molar-refractivity contribution in [2.45, 2.75) is 51.1 Å². The Labute approximate surface area is 167 Å². The highest BCUT2D eigenvalue weighted by Gasteiger charge is 2.33. The lowest BCUT2D eigenvalue weighted by molar-refractivity contribution is -0.140. The van der Waals surface area contributed by atoms with Crippen LogP contribution in [0.2, 0.25) is 0 Å². The lowest BCUT2D eigenvalue weighted by Crippen LogP contribution is -2.53. The summed E-state index contributed by atoms with van der Waals surface area (Å²) in [4.78, 5) is 27.2. The number of nitrogens with zero attached hydrogens (tertiary/aromatic N) is 1. The van der Waals surface area contributed by atoms with Gasteiger partial charge in [-0.25, -0.2) is 4.79 Å². The minimum Gasteiger partial charge on any atom is -0.338 e. The number of rotatable bonds is 4. The number of para-hydroxylation sites is 1. The van der Waals surface area contributed by atoms with Gasteiger partial charge < -0.3 is 20.9 Å². The number of carbonyl (C=O) groups is 2. The third-order valence-corrected chi connectivity index (χ3v) is 5.41. The Balaban J connectivity index is 0.00000261. The molecule has 27 heavy (non-hydrogen) atoms. The molecule has 2 aliphatic heterocycles. The fourth-order valence-electron chi connectivity index (χ4n) is 4.00. The zero-order valence-electron chi connectivity index (χ0n) is 15.9. The first-order valence-corrected chi connectivity index (χ1v) is 9.77. The Hall–Kier alpha value is -1.79. The number of benzene rings is 1. The maximum Gasteiger partial charge on any atom is 0.319 e. The predicted molar refractivity (Wildman–Crippen MR) is 110 cm³/mol. The number of piperidine rings is 2. The minimum atomic E-state index is -0.218. The SMILES string of the molecule is C[C@H]1C[C@@H](C(=O)N2CCCCC2CNC(=O)Nc2ccccc2)CCN1.Cl. The van der Waals surface area contributed by atoms with Crippen molar-refractivity contribution >= 4 is 30.0 Å². The van der Waals surface area contributed by atoms with E-state index in [1.165, 1.54) is 0 Å². The molecule has 1 aromatic rings. The van der Waals surface area contributed by atoms with Gasteiger partial charge in [0.1, 0.15) is 0 Å². The van der Waals surface area contributed by atoms with Gasteiger partial charge >= 0.3 is 6.03 Å². The maximum atomic E-state index is 13.0. The average Bonchev–Trinajstić information content (AvgIpc) is 2.67. The Morgan fingerprint density at radius 3 is 2.70 bits per heavy atom. The molecular formula is C20H31ClN4O2. The van der Waals surface area contributed by atoms with Crippen LogP contribution in [0.5, 0.6) is 0 Å². The summed E-state index contributed by atoms with van der Waals surface area (Å²) in [6.45, 7) is 4.37. The lowest BCUT2D eigenvalue weighted by Gasteiger charge is -2.39. The molecular weight excluding hydrogens is 364 g/mol. The Kier molecular flexibility index (Phi) is 8.38. The maximum absolute atomic E-state index is 13.0. The van der Waals surface area contributed by atoms with Gasteiger partial charge in [0.2, 0.25) is 5.91 Å².